The molecule has 0 saturated heterocycles. The predicted molar refractivity (Wildman–Crippen MR) is 65.0 cm³/mol. The van der Waals surface area contributed by atoms with Gasteiger partial charge in [0, 0.05) is 37.9 Å². The molecule has 0 atom stereocenters. The van der Waals surface area contributed by atoms with Crippen molar-refractivity contribution in [1.82, 2.24) is 9.97 Å². The lowest BCUT2D eigenvalue weighted by atomic mass is 9.80. The third kappa shape index (κ3) is 2.92. The maximum atomic E-state index is 9.29. The van der Waals surface area contributed by atoms with Gasteiger partial charge in [0.25, 0.3) is 0 Å². The third-order valence-corrected chi connectivity index (χ3v) is 3.25. The minimum absolute atomic E-state index is 0.162. The summed E-state index contributed by atoms with van der Waals surface area (Å²) < 4.78 is 0. The molecule has 5 nitrogen and oxygen atoms in total. The molecule has 94 valence electrons. The lowest BCUT2D eigenvalue weighted by Crippen LogP contribution is -2.28. The summed E-state index contributed by atoms with van der Waals surface area (Å²) in [6.45, 7) is 0.970. The highest BCUT2D eigenvalue weighted by Crippen LogP contribution is 2.36. The number of hydrogen-bond acceptors (Lipinski definition) is 5. The topological polar surface area (TPSA) is 69.5 Å². The summed E-state index contributed by atoms with van der Waals surface area (Å²) in [5.74, 6) is 1.25. The maximum Gasteiger partial charge on any atom is 0.131 e. The van der Waals surface area contributed by atoms with Crippen LogP contribution in [0.15, 0.2) is 12.4 Å². The molecule has 0 spiro atoms. The summed E-state index contributed by atoms with van der Waals surface area (Å²) in [4.78, 5) is 10.5. The van der Waals surface area contributed by atoms with Crippen molar-refractivity contribution in [3.8, 4) is 0 Å². The van der Waals surface area contributed by atoms with E-state index in [0.717, 1.165) is 37.3 Å². The van der Waals surface area contributed by atoms with E-state index < -0.39 is 0 Å². The Morgan fingerprint density at radius 2 is 2.18 bits per heavy atom. The number of anilines is 1. The van der Waals surface area contributed by atoms with Crippen LogP contribution in [-0.2, 0) is 0 Å². The molecule has 0 bridgehead atoms. The predicted octanol–water partition coefficient (Wildman–Crippen LogP) is 0.533. The molecule has 1 aromatic heterocycles. The summed E-state index contributed by atoms with van der Waals surface area (Å²) >= 11 is 0. The van der Waals surface area contributed by atoms with E-state index in [0.29, 0.717) is 5.92 Å². The van der Waals surface area contributed by atoms with Gasteiger partial charge < -0.3 is 15.1 Å². The van der Waals surface area contributed by atoms with Crippen molar-refractivity contribution in [2.45, 2.75) is 31.3 Å². The second-order valence-electron chi connectivity index (χ2n) is 4.62. The van der Waals surface area contributed by atoms with Crippen LogP contribution >= 0.6 is 0 Å². The molecule has 0 aromatic carbocycles. The zero-order chi connectivity index (χ0) is 12.3. The van der Waals surface area contributed by atoms with Gasteiger partial charge in [-0.05, 0) is 19.3 Å². The molecule has 2 N–H and O–H groups in total. The second-order valence-corrected chi connectivity index (χ2v) is 4.62. The molecule has 1 fully saturated rings. The third-order valence-electron chi connectivity index (χ3n) is 3.25. The average Bonchev–Trinajstić information content (AvgIpc) is 2.32. The first-order chi connectivity index (χ1) is 8.20. The fourth-order valence-electron chi connectivity index (χ4n) is 2.05. The van der Waals surface area contributed by atoms with Gasteiger partial charge in [0.05, 0.1) is 6.10 Å². The van der Waals surface area contributed by atoms with Gasteiger partial charge in [-0.1, -0.05) is 0 Å². The van der Waals surface area contributed by atoms with Crippen LogP contribution in [-0.4, -0.2) is 46.5 Å². The van der Waals surface area contributed by atoms with Crippen LogP contribution in [0, 0.1) is 0 Å². The Hall–Kier alpha value is -1.20. The largest absolute Gasteiger partial charge is 0.396 e. The molecule has 0 aliphatic heterocycles. The van der Waals surface area contributed by atoms with Gasteiger partial charge in [-0.3, -0.25) is 0 Å². The van der Waals surface area contributed by atoms with Gasteiger partial charge in [-0.15, -0.1) is 0 Å². The molecule has 0 unspecified atom stereocenters. The molecular weight excluding hydrogens is 218 g/mol. The van der Waals surface area contributed by atoms with Crippen molar-refractivity contribution < 1.29 is 10.2 Å². The molecule has 1 heterocycles. The molecule has 0 amide bonds. The first kappa shape index (κ1) is 12.3. The average molecular weight is 237 g/mol. The van der Waals surface area contributed by atoms with Gasteiger partial charge in [-0.25, -0.2) is 9.97 Å². The minimum atomic E-state index is -0.162. The zero-order valence-electron chi connectivity index (χ0n) is 10.1. The van der Waals surface area contributed by atoms with Crippen LogP contribution in [0.3, 0.4) is 0 Å². The number of aliphatic hydroxyl groups is 2. The highest BCUT2D eigenvalue weighted by atomic mass is 16.3. The van der Waals surface area contributed by atoms with Crippen LogP contribution < -0.4 is 4.90 Å². The van der Waals surface area contributed by atoms with Crippen molar-refractivity contribution in [3.63, 3.8) is 0 Å². The number of aliphatic hydroxyl groups excluding tert-OH is 2. The molecule has 1 aromatic rings. The summed E-state index contributed by atoms with van der Waals surface area (Å²) in [7, 11) is 1.96. The van der Waals surface area contributed by atoms with E-state index in [1.54, 1.807) is 6.33 Å². The van der Waals surface area contributed by atoms with Crippen molar-refractivity contribution in [2.24, 2.45) is 0 Å². The number of aromatic nitrogens is 2. The van der Waals surface area contributed by atoms with Gasteiger partial charge >= 0.3 is 0 Å². The van der Waals surface area contributed by atoms with E-state index in [-0.39, 0.29) is 12.7 Å². The standard InChI is InChI=1S/C12H19N3O2/c1-15(3-2-4-16)12-7-11(13-8-14-12)9-5-10(17)6-9/h7-10,16-17H,2-6H2,1H3. The van der Waals surface area contributed by atoms with Crippen molar-refractivity contribution in [3.05, 3.63) is 18.1 Å². The molecule has 2 rings (SSSR count). The highest BCUT2D eigenvalue weighted by Gasteiger charge is 2.29. The quantitative estimate of drug-likeness (QED) is 0.782. The van der Waals surface area contributed by atoms with Gasteiger partial charge in [-0.2, -0.15) is 0 Å². The van der Waals surface area contributed by atoms with Crippen molar-refractivity contribution in [2.75, 3.05) is 25.1 Å². The van der Waals surface area contributed by atoms with Gasteiger partial charge in [0.1, 0.15) is 12.1 Å². The van der Waals surface area contributed by atoms with Crippen LogP contribution in [0.2, 0.25) is 0 Å². The second kappa shape index (κ2) is 5.42. The number of hydrogen-bond donors (Lipinski definition) is 2. The SMILES string of the molecule is CN(CCCO)c1cc(C2CC(O)C2)ncn1. The zero-order valence-corrected chi connectivity index (χ0v) is 10.1. The number of rotatable bonds is 5. The first-order valence-corrected chi connectivity index (χ1v) is 6.02. The molecule has 1 saturated carbocycles. The summed E-state index contributed by atoms with van der Waals surface area (Å²) in [5, 5.41) is 18.1. The molecule has 17 heavy (non-hydrogen) atoms. The van der Waals surface area contributed by atoms with E-state index in [1.165, 1.54) is 0 Å². The smallest absolute Gasteiger partial charge is 0.131 e. The molecule has 1 aliphatic rings. The van der Waals surface area contributed by atoms with Gasteiger partial charge in [0.15, 0.2) is 0 Å². The fraction of sp³-hybridized carbons (Fsp3) is 0.667. The highest BCUT2D eigenvalue weighted by molar-refractivity contribution is 5.39. The van der Waals surface area contributed by atoms with Crippen molar-refractivity contribution >= 4 is 5.82 Å². The van der Waals surface area contributed by atoms with E-state index >= 15 is 0 Å². The maximum absolute atomic E-state index is 9.29. The Morgan fingerprint density at radius 3 is 2.82 bits per heavy atom. The van der Waals surface area contributed by atoms with Crippen LogP contribution in [0.25, 0.3) is 0 Å². The van der Waals surface area contributed by atoms with Crippen LogP contribution in [0.4, 0.5) is 5.82 Å². The van der Waals surface area contributed by atoms with E-state index in [9.17, 15) is 5.11 Å². The Balaban J connectivity index is 2.01. The van der Waals surface area contributed by atoms with Crippen LogP contribution in [0.1, 0.15) is 30.9 Å². The summed E-state index contributed by atoms with van der Waals surface area (Å²) in [6.07, 6.45) is 3.75. The lowest BCUT2D eigenvalue weighted by molar-refractivity contribution is 0.0732. The van der Waals surface area contributed by atoms with E-state index in [2.05, 4.69) is 9.97 Å². The van der Waals surface area contributed by atoms with Crippen molar-refractivity contribution in [1.29, 1.82) is 0 Å². The fourth-order valence-corrected chi connectivity index (χ4v) is 2.05. The first-order valence-electron chi connectivity index (χ1n) is 6.02. The minimum Gasteiger partial charge on any atom is -0.396 e. The molecule has 1 aliphatic carbocycles. The van der Waals surface area contributed by atoms with Gasteiger partial charge in [0.2, 0.25) is 0 Å². The molecular formula is C12H19N3O2. The lowest BCUT2D eigenvalue weighted by Gasteiger charge is -2.31. The monoisotopic (exact) mass is 237 g/mol. The normalized spacial score (nSPS) is 23.2. The Morgan fingerprint density at radius 1 is 1.41 bits per heavy atom. The number of nitrogens with zero attached hydrogens (tertiary/aromatic N) is 3. The molecule has 5 heteroatoms. The summed E-state index contributed by atoms with van der Waals surface area (Å²) in [5.41, 5.74) is 1.01. The summed E-state index contributed by atoms with van der Waals surface area (Å²) in [6, 6.07) is 1.98. The van der Waals surface area contributed by atoms with Crippen LogP contribution in [0.5, 0.6) is 0 Å². The van der Waals surface area contributed by atoms with E-state index in [4.69, 9.17) is 5.11 Å². The molecule has 0 radical (unpaired) electrons. The Kier molecular flexibility index (Phi) is 3.91. The van der Waals surface area contributed by atoms with E-state index in [1.807, 2.05) is 18.0 Å². The Bertz CT molecular complexity index is 367. The Labute approximate surface area is 101 Å².